The summed E-state index contributed by atoms with van der Waals surface area (Å²) < 4.78 is 27.7. The molecule has 0 spiro atoms. The van der Waals surface area contributed by atoms with Gasteiger partial charge in [0.15, 0.2) is 5.13 Å². The van der Waals surface area contributed by atoms with Crippen molar-refractivity contribution in [2.75, 3.05) is 5.32 Å². The molecule has 2 nitrogen and oxygen atoms in total. The molecule has 20 heavy (non-hydrogen) atoms. The summed E-state index contributed by atoms with van der Waals surface area (Å²) in [5, 5.41) is 3.74. The van der Waals surface area contributed by atoms with Gasteiger partial charge >= 0.3 is 0 Å². The Morgan fingerprint density at radius 1 is 1.15 bits per heavy atom. The molecule has 1 aromatic heterocycles. The number of fused-ring (bicyclic) bond motifs is 1. The average Bonchev–Trinajstić information content (AvgIpc) is 2.81. The molecule has 102 valence electrons. The predicted molar refractivity (Wildman–Crippen MR) is 78.0 cm³/mol. The third-order valence-corrected chi connectivity index (χ3v) is 3.98. The van der Waals surface area contributed by atoms with Crippen LogP contribution in [0.15, 0.2) is 36.4 Å². The summed E-state index contributed by atoms with van der Waals surface area (Å²) in [7, 11) is 0. The number of anilines is 1. The summed E-state index contributed by atoms with van der Waals surface area (Å²) in [5.41, 5.74) is 2.35. The first kappa shape index (κ1) is 13.0. The maximum atomic E-state index is 13.5. The molecular formula is C15H12F2N2S. The van der Waals surface area contributed by atoms with Gasteiger partial charge in [-0.05, 0) is 42.8 Å². The average molecular weight is 290 g/mol. The number of halogens is 2. The molecule has 0 radical (unpaired) electrons. The molecule has 3 rings (SSSR count). The first-order valence-corrected chi connectivity index (χ1v) is 6.98. The van der Waals surface area contributed by atoms with Gasteiger partial charge in [0, 0.05) is 12.1 Å². The molecule has 1 N–H and O–H groups in total. The molecule has 0 aliphatic heterocycles. The number of aromatic nitrogens is 1. The van der Waals surface area contributed by atoms with Gasteiger partial charge in [-0.3, -0.25) is 0 Å². The minimum atomic E-state index is -0.442. The van der Waals surface area contributed by atoms with Crippen LogP contribution >= 0.6 is 11.3 Å². The lowest BCUT2D eigenvalue weighted by molar-refractivity contribution is 0.587. The minimum Gasteiger partial charge on any atom is -0.357 e. The van der Waals surface area contributed by atoms with E-state index in [9.17, 15) is 8.78 Å². The zero-order valence-corrected chi connectivity index (χ0v) is 11.6. The molecule has 0 fully saturated rings. The largest absolute Gasteiger partial charge is 0.357 e. The lowest BCUT2D eigenvalue weighted by Crippen LogP contribution is -2.01. The predicted octanol–water partition coefficient (Wildman–Crippen LogP) is 4.50. The van der Waals surface area contributed by atoms with E-state index in [1.807, 2.05) is 25.1 Å². The van der Waals surface area contributed by atoms with Gasteiger partial charge < -0.3 is 5.32 Å². The molecule has 0 atom stereocenters. The number of benzene rings is 2. The number of rotatable bonds is 3. The molecule has 0 unspecified atom stereocenters. The number of aryl methyl sites for hydroxylation is 1. The highest BCUT2D eigenvalue weighted by Crippen LogP contribution is 2.27. The topological polar surface area (TPSA) is 24.9 Å². The van der Waals surface area contributed by atoms with Crippen LogP contribution in [0.3, 0.4) is 0 Å². The molecule has 0 aliphatic rings. The Balaban J connectivity index is 1.81. The van der Waals surface area contributed by atoms with Crippen LogP contribution in [0.5, 0.6) is 0 Å². The van der Waals surface area contributed by atoms with E-state index in [0.29, 0.717) is 10.7 Å². The second-order valence-corrected chi connectivity index (χ2v) is 5.61. The Hall–Kier alpha value is -2.01. The molecule has 0 saturated heterocycles. The van der Waals surface area contributed by atoms with E-state index in [2.05, 4.69) is 10.3 Å². The quantitative estimate of drug-likeness (QED) is 0.768. The first-order chi connectivity index (χ1) is 9.61. The summed E-state index contributed by atoms with van der Waals surface area (Å²) in [6, 6.07) is 9.47. The molecule has 2 aromatic carbocycles. The molecule has 3 aromatic rings. The summed E-state index contributed by atoms with van der Waals surface area (Å²) >= 11 is 1.50. The number of nitrogens with zero attached hydrogens (tertiary/aromatic N) is 1. The smallest absolute Gasteiger partial charge is 0.184 e. The van der Waals surface area contributed by atoms with Crippen molar-refractivity contribution in [2.45, 2.75) is 13.5 Å². The van der Waals surface area contributed by atoms with Crippen LogP contribution in [0.4, 0.5) is 13.9 Å². The lowest BCUT2D eigenvalue weighted by atomic mass is 10.2. The van der Waals surface area contributed by atoms with E-state index in [1.165, 1.54) is 17.4 Å². The maximum absolute atomic E-state index is 13.5. The van der Waals surface area contributed by atoms with E-state index in [4.69, 9.17) is 0 Å². The molecular weight excluding hydrogens is 278 g/mol. The van der Waals surface area contributed by atoms with Crippen LogP contribution in [0.1, 0.15) is 11.1 Å². The Bertz CT molecular complexity index is 768. The van der Waals surface area contributed by atoms with Crippen molar-refractivity contribution in [2.24, 2.45) is 0 Å². The van der Waals surface area contributed by atoms with E-state index >= 15 is 0 Å². The molecule has 0 aliphatic carbocycles. The molecule has 1 heterocycles. The van der Waals surface area contributed by atoms with Gasteiger partial charge in [0.05, 0.1) is 10.2 Å². The summed E-state index contributed by atoms with van der Waals surface area (Å²) in [4.78, 5) is 4.43. The Labute approximate surface area is 119 Å². The van der Waals surface area contributed by atoms with Crippen LogP contribution in [0.2, 0.25) is 0 Å². The maximum Gasteiger partial charge on any atom is 0.184 e. The standard InChI is InChI=1S/C15H12F2N2S/c1-9-2-5-14-13(6-9)19-15(20-14)18-8-10-7-11(16)3-4-12(10)17/h2-7H,8H2,1H3,(H,18,19). The van der Waals surface area contributed by atoms with Crippen molar-refractivity contribution in [1.82, 2.24) is 4.98 Å². The minimum absolute atomic E-state index is 0.211. The third kappa shape index (κ3) is 2.63. The SMILES string of the molecule is Cc1ccc2sc(NCc3cc(F)ccc3F)nc2c1. The number of hydrogen-bond donors (Lipinski definition) is 1. The van der Waals surface area contributed by atoms with Gasteiger partial charge in [-0.25, -0.2) is 13.8 Å². The third-order valence-electron chi connectivity index (χ3n) is 2.98. The van der Waals surface area contributed by atoms with Gasteiger partial charge in [0.25, 0.3) is 0 Å². The second kappa shape index (κ2) is 5.17. The number of hydrogen-bond acceptors (Lipinski definition) is 3. The van der Waals surface area contributed by atoms with Gasteiger partial charge in [-0.2, -0.15) is 0 Å². The van der Waals surface area contributed by atoms with E-state index in [-0.39, 0.29) is 6.54 Å². The van der Waals surface area contributed by atoms with Crippen molar-refractivity contribution in [3.8, 4) is 0 Å². The van der Waals surface area contributed by atoms with E-state index < -0.39 is 11.6 Å². The lowest BCUT2D eigenvalue weighted by Gasteiger charge is -2.04. The zero-order chi connectivity index (χ0) is 14.1. The van der Waals surface area contributed by atoms with Crippen LogP contribution in [0, 0.1) is 18.6 Å². The highest BCUT2D eigenvalue weighted by molar-refractivity contribution is 7.22. The van der Waals surface area contributed by atoms with Gasteiger partial charge in [-0.15, -0.1) is 0 Å². The summed E-state index contributed by atoms with van der Waals surface area (Å²) in [6.07, 6.45) is 0. The monoisotopic (exact) mass is 290 g/mol. The first-order valence-electron chi connectivity index (χ1n) is 6.17. The van der Waals surface area contributed by atoms with E-state index in [0.717, 1.165) is 27.9 Å². The number of thiazole rings is 1. The zero-order valence-electron chi connectivity index (χ0n) is 10.8. The van der Waals surface area contributed by atoms with Crippen LogP contribution in [-0.4, -0.2) is 4.98 Å². The van der Waals surface area contributed by atoms with Crippen molar-refractivity contribution >= 4 is 26.7 Å². The Morgan fingerprint density at radius 3 is 2.85 bits per heavy atom. The van der Waals surface area contributed by atoms with Crippen molar-refractivity contribution in [3.05, 3.63) is 59.2 Å². The normalized spacial score (nSPS) is 10.9. The van der Waals surface area contributed by atoms with Gasteiger partial charge in [0.2, 0.25) is 0 Å². The van der Waals surface area contributed by atoms with Crippen LogP contribution in [0.25, 0.3) is 10.2 Å². The fourth-order valence-corrected chi connectivity index (χ4v) is 2.80. The Morgan fingerprint density at radius 2 is 2.00 bits per heavy atom. The van der Waals surface area contributed by atoms with Gasteiger partial charge in [-0.1, -0.05) is 17.4 Å². The molecule has 0 amide bonds. The van der Waals surface area contributed by atoms with Crippen molar-refractivity contribution < 1.29 is 8.78 Å². The van der Waals surface area contributed by atoms with Crippen LogP contribution < -0.4 is 5.32 Å². The molecule has 0 saturated carbocycles. The molecule has 5 heteroatoms. The van der Waals surface area contributed by atoms with Crippen molar-refractivity contribution in [1.29, 1.82) is 0 Å². The second-order valence-electron chi connectivity index (χ2n) is 4.58. The Kier molecular flexibility index (Phi) is 3.36. The van der Waals surface area contributed by atoms with Crippen LogP contribution in [-0.2, 0) is 6.54 Å². The van der Waals surface area contributed by atoms with Crippen molar-refractivity contribution in [3.63, 3.8) is 0 Å². The highest BCUT2D eigenvalue weighted by atomic mass is 32.1. The fraction of sp³-hybridized carbons (Fsp3) is 0.133. The van der Waals surface area contributed by atoms with E-state index in [1.54, 1.807) is 0 Å². The number of nitrogens with one attached hydrogen (secondary N) is 1. The highest BCUT2D eigenvalue weighted by Gasteiger charge is 2.07. The summed E-state index contributed by atoms with van der Waals surface area (Å²) in [6.45, 7) is 2.22. The fourth-order valence-electron chi connectivity index (χ4n) is 1.96. The summed E-state index contributed by atoms with van der Waals surface area (Å²) in [5.74, 6) is -0.862. The molecule has 0 bridgehead atoms. The van der Waals surface area contributed by atoms with Gasteiger partial charge in [0.1, 0.15) is 11.6 Å².